The van der Waals surface area contributed by atoms with Gasteiger partial charge in [-0.1, -0.05) is 0 Å². The van der Waals surface area contributed by atoms with Crippen LogP contribution in [0.2, 0.25) is 0 Å². The molecule has 0 aliphatic carbocycles. The zero-order valence-corrected chi connectivity index (χ0v) is 6.57. The van der Waals surface area contributed by atoms with Crippen molar-refractivity contribution < 1.29 is 19.2 Å². The molecule has 0 aromatic heterocycles. The quantitative estimate of drug-likeness (QED) is 0.419. The minimum absolute atomic E-state index is 0.271. The van der Waals surface area contributed by atoms with E-state index < -0.39 is 12.9 Å². The molecule has 0 fully saturated rings. The summed E-state index contributed by atoms with van der Waals surface area (Å²) < 4.78 is 12.8. The van der Waals surface area contributed by atoms with Crippen molar-refractivity contribution in [3.8, 4) is 0 Å². The molecular weight excluding hydrogens is 176 g/mol. The molecule has 1 aromatic rings. The second-order valence-electron chi connectivity index (χ2n) is 2.37. The van der Waals surface area contributed by atoms with E-state index >= 15 is 0 Å². The molecule has 0 unspecified atom stereocenters. The van der Waals surface area contributed by atoms with E-state index in [4.69, 9.17) is 10.0 Å². The van der Waals surface area contributed by atoms with E-state index in [-0.39, 0.29) is 5.46 Å². The maximum Gasteiger partial charge on any atom is 0.491 e. The van der Waals surface area contributed by atoms with Crippen molar-refractivity contribution >= 4 is 24.7 Å². The molecule has 0 atom stereocenters. The molecule has 1 aromatic carbocycles. The largest absolute Gasteiger partial charge is 0.491 e. The lowest BCUT2D eigenvalue weighted by atomic mass is 9.79. The molecule has 0 saturated carbocycles. The standard InChI is InChI=1S/C7H7BFNO3/c9-7-2-1-5(10-4-11)3-6(7)8(12)13/h1-4,12-13H,(H,10,11). The first-order chi connectivity index (χ1) is 6.15. The summed E-state index contributed by atoms with van der Waals surface area (Å²) in [6.45, 7) is 0. The summed E-state index contributed by atoms with van der Waals surface area (Å²) in [6.07, 6.45) is 0.417. The molecular formula is C7H7BFNO3. The van der Waals surface area contributed by atoms with Gasteiger partial charge in [0.2, 0.25) is 6.41 Å². The summed E-state index contributed by atoms with van der Waals surface area (Å²) in [5.41, 5.74) is 0.0337. The van der Waals surface area contributed by atoms with Crippen molar-refractivity contribution in [1.29, 1.82) is 0 Å². The molecule has 13 heavy (non-hydrogen) atoms. The number of anilines is 1. The number of benzene rings is 1. The van der Waals surface area contributed by atoms with Crippen molar-refractivity contribution in [3.05, 3.63) is 24.0 Å². The van der Waals surface area contributed by atoms with Crippen LogP contribution in [0.5, 0.6) is 0 Å². The maximum atomic E-state index is 12.8. The average molecular weight is 183 g/mol. The van der Waals surface area contributed by atoms with E-state index in [1.165, 1.54) is 6.07 Å². The Morgan fingerprint density at radius 1 is 1.46 bits per heavy atom. The first kappa shape index (κ1) is 9.69. The fourth-order valence-corrected chi connectivity index (χ4v) is 0.899. The van der Waals surface area contributed by atoms with E-state index in [0.29, 0.717) is 12.1 Å². The van der Waals surface area contributed by atoms with E-state index in [0.717, 1.165) is 12.1 Å². The van der Waals surface area contributed by atoms with Gasteiger partial charge in [0, 0.05) is 11.2 Å². The van der Waals surface area contributed by atoms with Crippen LogP contribution in [0.3, 0.4) is 0 Å². The third kappa shape index (κ3) is 2.27. The molecule has 1 rings (SSSR count). The van der Waals surface area contributed by atoms with Crippen molar-refractivity contribution in [3.63, 3.8) is 0 Å². The molecule has 0 aliphatic rings. The van der Waals surface area contributed by atoms with Gasteiger partial charge < -0.3 is 15.4 Å². The zero-order chi connectivity index (χ0) is 9.84. The Balaban J connectivity index is 3.03. The number of amides is 1. The van der Waals surface area contributed by atoms with Crippen LogP contribution < -0.4 is 10.8 Å². The van der Waals surface area contributed by atoms with Crippen LogP contribution in [-0.4, -0.2) is 23.6 Å². The predicted molar refractivity (Wildman–Crippen MR) is 45.9 cm³/mol. The number of halogens is 1. The molecule has 6 heteroatoms. The third-order valence-electron chi connectivity index (χ3n) is 1.50. The Morgan fingerprint density at radius 2 is 2.15 bits per heavy atom. The van der Waals surface area contributed by atoms with Crippen LogP contribution in [0.15, 0.2) is 18.2 Å². The first-order valence-corrected chi connectivity index (χ1v) is 3.51. The first-order valence-electron chi connectivity index (χ1n) is 3.51. The highest BCUT2D eigenvalue weighted by Gasteiger charge is 2.16. The molecule has 0 bridgehead atoms. The van der Waals surface area contributed by atoms with Gasteiger partial charge >= 0.3 is 7.12 Å². The van der Waals surface area contributed by atoms with Crippen LogP contribution in [-0.2, 0) is 4.79 Å². The number of rotatable bonds is 3. The van der Waals surface area contributed by atoms with E-state index in [2.05, 4.69) is 5.32 Å². The second kappa shape index (κ2) is 4.02. The van der Waals surface area contributed by atoms with Crippen LogP contribution in [0.25, 0.3) is 0 Å². The normalized spacial score (nSPS) is 9.46. The Hall–Kier alpha value is -1.40. The number of hydrogen-bond acceptors (Lipinski definition) is 3. The van der Waals surface area contributed by atoms with Gasteiger partial charge in [-0.2, -0.15) is 0 Å². The van der Waals surface area contributed by atoms with Gasteiger partial charge in [0.05, 0.1) is 0 Å². The predicted octanol–water partition coefficient (Wildman–Crippen LogP) is -0.926. The lowest BCUT2D eigenvalue weighted by Crippen LogP contribution is -2.32. The number of hydrogen-bond donors (Lipinski definition) is 3. The summed E-state index contributed by atoms with van der Waals surface area (Å²) >= 11 is 0. The lowest BCUT2D eigenvalue weighted by Gasteiger charge is -2.04. The van der Waals surface area contributed by atoms with Gasteiger partial charge in [0.25, 0.3) is 0 Å². The van der Waals surface area contributed by atoms with E-state index in [1.807, 2.05) is 0 Å². The topological polar surface area (TPSA) is 69.6 Å². The van der Waals surface area contributed by atoms with Gasteiger partial charge in [0.15, 0.2) is 0 Å². The Bertz CT molecular complexity index is 319. The summed E-state index contributed by atoms with van der Waals surface area (Å²) in [7, 11) is -1.88. The van der Waals surface area contributed by atoms with E-state index in [1.54, 1.807) is 0 Å². The van der Waals surface area contributed by atoms with Crippen LogP contribution in [0.4, 0.5) is 10.1 Å². The van der Waals surface area contributed by atoms with Gasteiger partial charge in [-0.25, -0.2) is 4.39 Å². The number of carbonyl (C=O) groups excluding carboxylic acids is 1. The third-order valence-corrected chi connectivity index (χ3v) is 1.50. The summed E-state index contributed by atoms with van der Waals surface area (Å²) in [4.78, 5) is 10.0. The molecule has 0 heterocycles. The van der Waals surface area contributed by atoms with Crippen molar-refractivity contribution in [1.82, 2.24) is 0 Å². The Kier molecular flexibility index (Phi) is 3.00. The summed E-state index contributed by atoms with van der Waals surface area (Å²) in [6, 6.07) is 3.50. The monoisotopic (exact) mass is 183 g/mol. The van der Waals surface area contributed by atoms with Gasteiger partial charge in [0.1, 0.15) is 5.82 Å². The number of nitrogens with one attached hydrogen (secondary N) is 1. The SMILES string of the molecule is O=CNc1ccc(F)c(B(O)O)c1. The van der Waals surface area contributed by atoms with Crippen molar-refractivity contribution in [2.75, 3.05) is 5.32 Å². The molecule has 0 radical (unpaired) electrons. The molecule has 3 N–H and O–H groups in total. The maximum absolute atomic E-state index is 12.8. The second-order valence-corrected chi connectivity index (χ2v) is 2.37. The van der Waals surface area contributed by atoms with Crippen molar-refractivity contribution in [2.45, 2.75) is 0 Å². The van der Waals surface area contributed by atoms with Gasteiger partial charge in [-0.15, -0.1) is 0 Å². The lowest BCUT2D eigenvalue weighted by molar-refractivity contribution is -0.105. The highest BCUT2D eigenvalue weighted by atomic mass is 19.1. The molecule has 0 spiro atoms. The van der Waals surface area contributed by atoms with Gasteiger partial charge in [-0.05, 0) is 18.2 Å². The minimum Gasteiger partial charge on any atom is -0.423 e. The van der Waals surface area contributed by atoms with Crippen LogP contribution in [0, 0.1) is 5.82 Å². The van der Waals surface area contributed by atoms with Crippen molar-refractivity contribution in [2.24, 2.45) is 0 Å². The Morgan fingerprint density at radius 3 is 2.69 bits per heavy atom. The number of carbonyl (C=O) groups is 1. The molecule has 0 saturated heterocycles. The summed E-state index contributed by atoms with van der Waals surface area (Å²) in [5.74, 6) is -0.730. The fourth-order valence-electron chi connectivity index (χ4n) is 0.899. The van der Waals surface area contributed by atoms with E-state index in [9.17, 15) is 9.18 Å². The summed E-state index contributed by atoms with van der Waals surface area (Å²) in [5, 5.41) is 19.7. The average Bonchev–Trinajstić information content (AvgIpc) is 2.08. The van der Waals surface area contributed by atoms with Gasteiger partial charge in [-0.3, -0.25) is 4.79 Å². The molecule has 0 aliphatic heterocycles. The molecule has 1 amide bonds. The van der Waals surface area contributed by atoms with Crippen LogP contribution in [0.1, 0.15) is 0 Å². The highest BCUT2D eigenvalue weighted by Crippen LogP contribution is 2.05. The smallest absolute Gasteiger partial charge is 0.423 e. The minimum atomic E-state index is -1.88. The fraction of sp³-hybridized carbons (Fsp3) is 0. The molecule has 4 nitrogen and oxygen atoms in total. The highest BCUT2D eigenvalue weighted by molar-refractivity contribution is 6.58. The van der Waals surface area contributed by atoms with Crippen LogP contribution >= 0.6 is 0 Å². The Labute approximate surface area is 74.2 Å². The zero-order valence-electron chi connectivity index (χ0n) is 6.57. The molecule has 68 valence electrons.